The van der Waals surface area contributed by atoms with Crippen molar-refractivity contribution in [3.8, 4) is 11.1 Å². The molecule has 0 bridgehead atoms. The average Bonchev–Trinajstić information content (AvgIpc) is 2.28. The summed E-state index contributed by atoms with van der Waals surface area (Å²) in [5.74, 6) is 0.748. The van der Waals surface area contributed by atoms with Crippen molar-refractivity contribution in [1.82, 2.24) is 4.98 Å². The third-order valence-electron chi connectivity index (χ3n) is 3.58. The van der Waals surface area contributed by atoms with Gasteiger partial charge >= 0.3 is 0 Å². The normalized spacial score (nSPS) is 15.5. The first kappa shape index (κ1) is 10.3. The maximum atomic E-state index is 11.0. The first-order chi connectivity index (χ1) is 8.33. The van der Waals surface area contributed by atoms with E-state index in [-0.39, 0.29) is 5.56 Å². The second kappa shape index (κ2) is 4.21. The molecule has 1 aromatic carbocycles. The predicted molar refractivity (Wildman–Crippen MR) is 69.1 cm³/mol. The molecule has 1 heterocycles. The molecule has 2 aromatic rings. The molecule has 3 rings (SSSR count). The molecule has 0 radical (unpaired) electrons. The van der Waals surface area contributed by atoms with E-state index >= 15 is 0 Å². The quantitative estimate of drug-likeness (QED) is 0.835. The fraction of sp³-hybridized carbons (Fsp3) is 0.267. The van der Waals surface area contributed by atoms with Gasteiger partial charge < -0.3 is 4.98 Å². The zero-order valence-electron chi connectivity index (χ0n) is 9.65. The van der Waals surface area contributed by atoms with Crippen molar-refractivity contribution < 1.29 is 0 Å². The molecule has 2 nitrogen and oxygen atoms in total. The first-order valence-electron chi connectivity index (χ1n) is 6.12. The number of benzene rings is 1. The number of aromatic amines is 1. The Morgan fingerprint density at radius 3 is 2.59 bits per heavy atom. The Kier molecular flexibility index (Phi) is 2.56. The smallest absolute Gasteiger partial charge is 0.247 e. The molecule has 86 valence electrons. The summed E-state index contributed by atoms with van der Waals surface area (Å²) in [6.07, 6.45) is 5.76. The van der Waals surface area contributed by atoms with Gasteiger partial charge in [0.2, 0.25) is 5.56 Å². The second-order valence-corrected chi connectivity index (χ2v) is 4.69. The summed E-state index contributed by atoms with van der Waals surface area (Å²) in [7, 11) is 0. The third-order valence-corrected chi connectivity index (χ3v) is 3.58. The summed E-state index contributed by atoms with van der Waals surface area (Å²) in [6.45, 7) is 0. The lowest BCUT2D eigenvalue weighted by Crippen LogP contribution is -2.08. The van der Waals surface area contributed by atoms with Crippen LogP contribution < -0.4 is 5.56 Å². The van der Waals surface area contributed by atoms with E-state index < -0.39 is 0 Å². The van der Waals surface area contributed by atoms with Gasteiger partial charge in [0.15, 0.2) is 0 Å². The van der Waals surface area contributed by atoms with E-state index in [0.29, 0.717) is 0 Å². The van der Waals surface area contributed by atoms with Crippen LogP contribution in [0.5, 0.6) is 0 Å². The highest BCUT2D eigenvalue weighted by molar-refractivity contribution is 5.63. The van der Waals surface area contributed by atoms with Crippen LogP contribution in [0.1, 0.15) is 30.7 Å². The molecule has 0 atom stereocenters. The number of H-pyrrole nitrogens is 1. The summed E-state index contributed by atoms with van der Waals surface area (Å²) in [6, 6.07) is 12.1. The second-order valence-electron chi connectivity index (χ2n) is 4.69. The number of hydrogen-bond acceptors (Lipinski definition) is 1. The standard InChI is InChI=1S/C15H15NO/c17-15-8-7-14(10-16-15)13-6-2-5-12(9-13)11-3-1-4-11/h2,5-11H,1,3-4H2,(H,16,17). The molecule has 0 amide bonds. The molecule has 1 N–H and O–H groups in total. The topological polar surface area (TPSA) is 32.9 Å². The van der Waals surface area contributed by atoms with Crippen LogP contribution in [0.15, 0.2) is 47.4 Å². The van der Waals surface area contributed by atoms with Gasteiger partial charge in [-0.25, -0.2) is 0 Å². The molecule has 0 unspecified atom stereocenters. The highest BCUT2D eigenvalue weighted by Crippen LogP contribution is 2.37. The van der Waals surface area contributed by atoms with Gasteiger partial charge in [-0.05, 0) is 41.5 Å². The Bertz CT molecular complexity index is 561. The molecule has 0 aliphatic heterocycles. The summed E-state index contributed by atoms with van der Waals surface area (Å²) in [5, 5.41) is 0. The molecule has 1 saturated carbocycles. The first-order valence-corrected chi connectivity index (χ1v) is 6.12. The van der Waals surface area contributed by atoms with Crippen molar-refractivity contribution in [2.24, 2.45) is 0 Å². The zero-order chi connectivity index (χ0) is 11.7. The van der Waals surface area contributed by atoms with Crippen LogP contribution in [0.4, 0.5) is 0 Å². The van der Waals surface area contributed by atoms with Crippen molar-refractivity contribution in [2.75, 3.05) is 0 Å². The fourth-order valence-electron chi connectivity index (χ4n) is 2.30. The SMILES string of the molecule is O=c1ccc(-c2cccc(C3CCC3)c2)c[nH]1. The van der Waals surface area contributed by atoms with Gasteiger partial charge in [-0.2, -0.15) is 0 Å². The Morgan fingerprint density at radius 1 is 1.06 bits per heavy atom. The number of rotatable bonds is 2. The molecule has 1 aromatic heterocycles. The minimum Gasteiger partial charge on any atom is -0.328 e. The van der Waals surface area contributed by atoms with Crippen molar-refractivity contribution in [1.29, 1.82) is 0 Å². The van der Waals surface area contributed by atoms with E-state index in [1.807, 2.05) is 6.07 Å². The highest BCUT2D eigenvalue weighted by atomic mass is 16.1. The Labute approximate surface area is 100 Å². The molecule has 0 saturated heterocycles. The molecule has 1 aliphatic carbocycles. The fourth-order valence-corrected chi connectivity index (χ4v) is 2.30. The maximum absolute atomic E-state index is 11.0. The monoisotopic (exact) mass is 225 g/mol. The van der Waals surface area contributed by atoms with Crippen molar-refractivity contribution in [3.63, 3.8) is 0 Å². The highest BCUT2D eigenvalue weighted by Gasteiger charge is 2.19. The van der Waals surface area contributed by atoms with Gasteiger partial charge in [0, 0.05) is 12.3 Å². The van der Waals surface area contributed by atoms with Crippen LogP contribution in [0.3, 0.4) is 0 Å². The minimum atomic E-state index is -0.0519. The van der Waals surface area contributed by atoms with E-state index in [1.165, 1.54) is 30.4 Å². The summed E-state index contributed by atoms with van der Waals surface area (Å²) >= 11 is 0. The van der Waals surface area contributed by atoms with Crippen LogP contribution >= 0.6 is 0 Å². The Balaban J connectivity index is 1.97. The number of hydrogen-bond donors (Lipinski definition) is 1. The molecular formula is C15H15NO. The lowest BCUT2D eigenvalue weighted by molar-refractivity contribution is 0.420. The molecule has 1 fully saturated rings. The minimum absolute atomic E-state index is 0.0519. The van der Waals surface area contributed by atoms with E-state index in [0.717, 1.165) is 11.5 Å². The predicted octanol–water partition coefficient (Wildman–Crippen LogP) is 3.31. The van der Waals surface area contributed by atoms with E-state index in [9.17, 15) is 4.79 Å². The average molecular weight is 225 g/mol. The van der Waals surface area contributed by atoms with Crippen LogP contribution in [0.2, 0.25) is 0 Å². The van der Waals surface area contributed by atoms with Crippen molar-refractivity contribution in [3.05, 3.63) is 58.5 Å². The molecule has 0 spiro atoms. The molecule has 17 heavy (non-hydrogen) atoms. The van der Waals surface area contributed by atoms with E-state index in [2.05, 4.69) is 29.2 Å². The van der Waals surface area contributed by atoms with Gasteiger partial charge in [-0.1, -0.05) is 30.7 Å². The molecular weight excluding hydrogens is 210 g/mol. The number of pyridine rings is 1. The number of aromatic nitrogens is 1. The van der Waals surface area contributed by atoms with Gasteiger partial charge in [-0.15, -0.1) is 0 Å². The van der Waals surface area contributed by atoms with Crippen LogP contribution in [-0.2, 0) is 0 Å². The lowest BCUT2D eigenvalue weighted by Gasteiger charge is -2.26. The third kappa shape index (κ3) is 2.03. The number of nitrogens with one attached hydrogen (secondary N) is 1. The summed E-state index contributed by atoms with van der Waals surface area (Å²) < 4.78 is 0. The van der Waals surface area contributed by atoms with Gasteiger partial charge in [0.25, 0.3) is 0 Å². The lowest BCUT2D eigenvalue weighted by atomic mass is 9.79. The van der Waals surface area contributed by atoms with Gasteiger partial charge in [0.05, 0.1) is 0 Å². The van der Waals surface area contributed by atoms with E-state index in [4.69, 9.17) is 0 Å². The van der Waals surface area contributed by atoms with Gasteiger partial charge in [0.1, 0.15) is 0 Å². The summed E-state index contributed by atoms with van der Waals surface area (Å²) in [4.78, 5) is 13.7. The Hall–Kier alpha value is -1.83. The van der Waals surface area contributed by atoms with Crippen LogP contribution in [0, 0.1) is 0 Å². The van der Waals surface area contributed by atoms with E-state index in [1.54, 1.807) is 12.3 Å². The zero-order valence-corrected chi connectivity index (χ0v) is 9.65. The largest absolute Gasteiger partial charge is 0.328 e. The molecule has 2 heteroatoms. The van der Waals surface area contributed by atoms with Crippen LogP contribution in [0.25, 0.3) is 11.1 Å². The molecule has 1 aliphatic rings. The Morgan fingerprint density at radius 2 is 1.94 bits per heavy atom. The summed E-state index contributed by atoms with van der Waals surface area (Å²) in [5.41, 5.74) is 3.64. The maximum Gasteiger partial charge on any atom is 0.247 e. The van der Waals surface area contributed by atoms with Crippen LogP contribution in [-0.4, -0.2) is 4.98 Å². The van der Waals surface area contributed by atoms with Crippen molar-refractivity contribution in [2.45, 2.75) is 25.2 Å². The van der Waals surface area contributed by atoms with Gasteiger partial charge in [-0.3, -0.25) is 4.79 Å². The van der Waals surface area contributed by atoms with Crippen molar-refractivity contribution >= 4 is 0 Å².